The zero-order valence-electron chi connectivity index (χ0n) is 13.1. The summed E-state index contributed by atoms with van der Waals surface area (Å²) in [6.07, 6.45) is 3.96. The molecular weight excluding hydrogens is 284 g/mol. The third-order valence-electron chi connectivity index (χ3n) is 3.88. The van der Waals surface area contributed by atoms with Crippen LogP contribution in [0.1, 0.15) is 43.8 Å². The molecule has 0 atom stereocenters. The molecule has 0 aliphatic carbocycles. The van der Waals surface area contributed by atoms with Crippen LogP contribution in [-0.2, 0) is 13.1 Å². The Morgan fingerprint density at radius 1 is 1.33 bits per heavy atom. The maximum atomic E-state index is 11.9. The van der Waals surface area contributed by atoms with Crippen molar-refractivity contribution in [2.75, 3.05) is 26.2 Å². The number of piperidine rings is 1. The number of amides is 2. The molecule has 0 radical (unpaired) electrons. The maximum Gasteiger partial charge on any atom is 0.317 e. The van der Waals surface area contributed by atoms with Gasteiger partial charge in [-0.2, -0.15) is 0 Å². The van der Waals surface area contributed by atoms with Crippen LogP contribution in [0, 0.1) is 0 Å². The zero-order valence-corrected chi connectivity index (χ0v) is 13.9. The van der Waals surface area contributed by atoms with Gasteiger partial charge in [0.05, 0.1) is 12.2 Å². The highest BCUT2D eigenvalue weighted by atomic mass is 32.1. The van der Waals surface area contributed by atoms with E-state index in [0.717, 1.165) is 30.3 Å². The topological polar surface area (TPSA) is 48.5 Å². The van der Waals surface area contributed by atoms with E-state index in [4.69, 9.17) is 0 Å². The van der Waals surface area contributed by atoms with Crippen LogP contribution in [0.5, 0.6) is 0 Å². The number of carbonyl (C=O) groups excluding carboxylic acids is 1. The van der Waals surface area contributed by atoms with Crippen LogP contribution in [-0.4, -0.2) is 47.0 Å². The van der Waals surface area contributed by atoms with Gasteiger partial charge in [0.2, 0.25) is 0 Å². The van der Waals surface area contributed by atoms with E-state index in [0.29, 0.717) is 6.54 Å². The molecule has 1 N–H and O–H groups in total. The van der Waals surface area contributed by atoms with Gasteiger partial charge in [-0.3, -0.25) is 4.90 Å². The van der Waals surface area contributed by atoms with Crippen LogP contribution in [0.4, 0.5) is 4.79 Å². The molecule has 0 unspecified atom stereocenters. The number of nitrogens with one attached hydrogen (secondary N) is 1. The van der Waals surface area contributed by atoms with Gasteiger partial charge in [-0.15, -0.1) is 11.3 Å². The van der Waals surface area contributed by atoms with Crippen molar-refractivity contribution in [2.24, 2.45) is 0 Å². The third kappa shape index (κ3) is 4.97. The Balaban J connectivity index is 1.78. The molecule has 0 spiro atoms. The predicted octanol–water partition coefficient (Wildman–Crippen LogP) is 2.68. The van der Waals surface area contributed by atoms with Crippen molar-refractivity contribution in [1.29, 1.82) is 0 Å². The lowest BCUT2D eigenvalue weighted by molar-refractivity contribution is 0.202. The van der Waals surface area contributed by atoms with E-state index < -0.39 is 0 Å². The van der Waals surface area contributed by atoms with Gasteiger partial charge in [-0.1, -0.05) is 6.42 Å². The maximum absolute atomic E-state index is 11.9. The Kier molecular flexibility index (Phi) is 6.45. The summed E-state index contributed by atoms with van der Waals surface area (Å²) in [5.41, 5.74) is 1.13. The van der Waals surface area contributed by atoms with Crippen molar-refractivity contribution in [3.63, 3.8) is 0 Å². The molecule has 1 aromatic heterocycles. The van der Waals surface area contributed by atoms with E-state index in [-0.39, 0.29) is 6.03 Å². The van der Waals surface area contributed by atoms with Gasteiger partial charge < -0.3 is 10.2 Å². The Morgan fingerprint density at radius 3 is 2.71 bits per heavy atom. The Morgan fingerprint density at radius 2 is 2.05 bits per heavy atom. The average molecular weight is 310 g/mol. The first kappa shape index (κ1) is 16.2. The molecule has 0 aromatic carbocycles. The highest BCUT2D eigenvalue weighted by Gasteiger charge is 2.13. The molecule has 1 aliphatic rings. The first-order valence-electron chi connectivity index (χ1n) is 7.91. The summed E-state index contributed by atoms with van der Waals surface area (Å²) < 4.78 is 0. The minimum Gasteiger partial charge on any atom is -0.331 e. The van der Waals surface area contributed by atoms with Crippen molar-refractivity contribution in [3.8, 4) is 0 Å². The van der Waals surface area contributed by atoms with E-state index in [1.165, 1.54) is 32.4 Å². The van der Waals surface area contributed by atoms with Crippen molar-refractivity contribution in [1.82, 2.24) is 20.1 Å². The summed E-state index contributed by atoms with van der Waals surface area (Å²) >= 11 is 1.64. The molecule has 21 heavy (non-hydrogen) atoms. The fourth-order valence-corrected chi connectivity index (χ4v) is 3.35. The van der Waals surface area contributed by atoms with Crippen molar-refractivity contribution in [3.05, 3.63) is 16.1 Å². The van der Waals surface area contributed by atoms with Crippen LogP contribution < -0.4 is 5.32 Å². The normalized spacial score (nSPS) is 15.9. The number of hydrogen-bond acceptors (Lipinski definition) is 4. The molecule has 1 aromatic rings. The second-order valence-electron chi connectivity index (χ2n) is 5.40. The molecule has 2 heterocycles. The fourth-order valence-electron chi connectivity index (χ4n) is 2.62. The molecule has 0 bridgehead atoms. The standard InChI is InChI=1S/C15H26N4OS/c1-3-19(4-2)15(20)16-10-14-17-13(12-21-14)11-18-8-6-5-7-9-18/h12H,3-11H2,1-2H3,(H,16,20). The second-order valence-corrected chi connectivity index (χ2v) is 6.34. The lowest BCUT2D eigenvalue weighted by atomic mass is 10.1. The quantitative estimate of drug-likeness (QED) is 0.879. The summed E-state index contributed by atoms with van der Waals surface area (Å²) in [6, 6.07) is -0.00668. The number of hydrogen-bond donors (Lipinski definition) is 1. The predicted molar refractivity (Wildman–Crippen MR) is 86.4 cm³/mol. The number of urea groups is 1. The summed E-state index contributed by atoms with van der Waals surface area (Å²) in [5, 5.41) is 6.05. The number of thiazole rings is 1. The van der Waals surface area contributed by atoms with Crippen molar-refractivity contribution < 1.29 is 4.79 Å². The number of rotatable bonds is 6. The highest BCUT2D eigenvalue weighted by molar-refractivity contribution is 7.09. The van der Waals surface area contributed by atoms with E-state index in [1.807, 2.05) is 13.8 Å². The minimum atomic E-state index is -0.00668. The van der Waals surface area contributed by atoms with E-state index in [1.54, 1.807) is 16.2 Å². The second kappa shape index (κ2) is 8.34. The Hall–Kier alpha value is -1.14. The first-order valence-corrected chi connectivity index (χ1v) is 8.79. The van der Waals surface area contributed by atoms with Gasteiger partial charge in [0.15, 0.2) is 0 Å². The van der Waals surface area contributed by atoms with Gasteiger partial charge >= 0.3 is 6.03 Å². The molecule has 0 saturated carbocycles. The zero-order chi connectivity index (χ0) is 15.1. The molecule has 1 aliphatic heterocycles. The van der Waals surface area contributed by atoms with Crippen LogP contribution in [0.2, 0.25) is 0 Å². The average Bonchev–Trinajstić information content (AvgIpc) is 2.95. The van der Waals surface area contributed by atoms with Gasteiger partial charge in [-0.05, 0) is 39.8 Å². The number of nitrogens with zero attached hydrogens (tertiary/aromatic N) is 3. The first-order chi connectivity index (χ1) is 10.2. The van der Waals surface area contributed by atoms with Gasteiger partial charge in [0.25, 0.3) is 0 Å². The summed E-state index contributed by atoms with van der Waals surface area (Å²) in [7, 11) is 0. The summed E-state index contributed by atoms with van der Waals surface area (Å²) in [4.78, 5) is 20.8. The van der Waals surface area contributed by atoms with Gasteiger partial charge in [-0.25, -0.2) is 9.78 Å². The number of likely N-dealkylation sites (tertiary alicyclic amines) is 1. The molecule has 2 amide bonds. The molecular formula is C15H26N4OS. The SMILES string of the molecule is CCN(CC)C(=O)NCc1nc(CN2CCCCC2)cs1. The van der Waals surface area contributed by atoms with Crippen LogP contribution >= 0.6 is 11.3 Å². The van der Waals surface area contributed by atoms with Crippen LogP contribution in [0.3, 0.4) is 0 Å². The van der Waals surface area contributed by atoms with Crippen LogP contribution in [0.25, 0.3) is 0 Å². The molecule has 2 rings (SSSR count). The van der Waals surface area contributed by atoms with Gasteiger partial charge in [0.1, 0.15) is 5.01 Å². The van der Waals surface area contributed by atoms with E-state index >= 15 is 0 Å². The van der Waals surface area contributed by atoms with Crippen molar-refractivity contribution >= 4 is 17.4 Å². The molecule has 1 fully saturated rings. The fraction of sp³-hybridized carbons (Fsp3) is 0.733. The summed E-state index contributed by atoms with van der Waals surface area (Å²) in [5.74, 6) is 0. The molecule has 6 heteroatoms. The monoisotopic (exact) mass is 310 g/mol. The molecule has 5 nitrogen and oxygen atoms in total. The van der Waals surface area contributed by atoms with E-state index in [2.05, 4.69) is 20.6 Å². The Bertz CT molecular complexity index is 439. The summed E-state index contributed by atoms with van der Waals surface area (Å²) in [6.45, 7) is 9.30. The lowest BCUT2D eigenvalue weighted by Gasteiger charge is -2.25. The Labute approximate surface area is 131 Å². The van der Waals surface area contributed by atoms with Gasteiger partial charge in [0, 0.05) is 25.0 Å². The molecule has 1 saturated heterocycles. The highest BCUT2D eigenvalue weighted by Crippen LogP contribution is 2.15. The van der Waals surface area contributed by atoms with E-state index in [9.17, 15) is 4.79 Å². The number of carbonyl (C=O) groups is 1. The smallest absolute Gasteiger partial charge is 0.317 e. The third-order valence-corrected chi connectivity index (χ3v) is 4.77. The lowest BCUT2D eigenvalue weighted by Crippen LogP contribution is -2.39. The minimum absolute atomic E-state index is 0.00668. The number of aromatic nitrogens is 1. The molecule has 118 valence electrons. The largest absolute Gasteiger partial charge is 0.331 e. The van der Waals surface area contributed by atoms with Crippen molar-refractivity contribution in [2.45, 2.75) is 46.2 Å². The van der Waals surface area contributed by atoms with Crippen LogP contribution in [0.15, 0.2) is 5.38 Å².